The van der Waals surface area contributed by atoms with E-state index in [4.69, 9.17) is 11.6 Å². The fourth-order valence-electron chi connectivity index (χ4n) is 2.34. The fourth-order valence-corrected chi connectivity index (χ4v) is 2.47. The summed E-state index contributed by atoms with van der Waals surface area (Å²) >= 11 is 5.85. The zero-order valence-electron chi connectivity index (χ0n) is 14.3. The normalized spacial score (nSPS) is 10.5. The van der Waals surface area contributed by atoms with E-state index in [1.807, 2.05) is 12.1 Å². The minimum Gasteiger partial charge on any atom is -0.350 e. The molecule has 0 aliphatic heterocycles. The molecule has 0 spiro atoms. The van der Waals surface area contributed by atoms with Crippen molar-refractivity contribution >= 4 is 29.1 Å². The SMILES string of the molecule is Cc1cc(C(=O)Nc2c(F)cccc2F)nc(NCc2ccc(Cl)cc2)n1. The molecule has 1 amide bonds. The van der Waals surface area contributed by atoms with Crippen molar-refractivity contribution in [2.45, 2.75) is 13.5 Å². The van der Waals surface area contributed by atoms with Crippen LogP contribution in [0.15, 0.2) is 48.5 Å². The predicted molar refractivity (Wildman–Crippen MR) is 99.9 cm³/mol. The number of nitrogens with zero attached hydrogens (tertiary/aromatic N) is 2. The molecule has 0 fully saturated rings. The molecule has 2 aromatic carbocycles. The van der Waals surface area contributed by atoms with Crippen molar-refractivity contribution in [1.82, 2.24) is 9.97 Å². The molecule has 138 valence electrons. The van der Waals surface area contributed by atoms with E-state index in [2.05, 4.69) is 20.6 Å². The Hall–Kier alpha value is -3.06. The van der Waals surface area contributed by atoms with Crippen molar-refractivity contribution in [3.63, 3.8) is 0 Å². The number of hydrogen-bond acceptors (Lipinski definition) is 4. The number of aromatic nitrogens is 2. The molecule has 0 aliphatic rings. The Labute approximate surface area is 159 Å². The number of nitrogens with one attached hydrogen (secondary N) is 2. The number of hydrogen-bond donors (Lipinski definition) is 2. The molecule has 0 saturated heterocycles. The van der Waals surface area contributed by atoms with Gasteiger partial charge in [-0.15, -0.1) is 0 Å². The van der Waals surface area contributed by atoms with E-state index in [1.54, 1.807) is 19.1 Å². The van der Waals surface area contributed by atoms with E-state index >= 15 is 0 Å². The molecular weight excluding hydrogens is 374 g/mol. The molecule has 0 aliphatic carbocycles. The molecule has 0 bridgehead atoms. The highest BCUT2D eigenvalue weighted by molar-refractivity contribution is 6.30. The maximum absolute atomic E-state index is 13.7. The molecule has 3 rings (SSSR count). The smallest absolute Gasteiger partial charge is 0.274 e. The van der Waals surface area contributed by atoms with E-state index in [0.717, 1.165) is 17.7 Å². The molecule has 0 atom stereocenters. The molecular formula is C19H15ClF2N4O. The first-order chi connectivity index (χ1) is 12.9. The van der Waals surface area contributed by atoms with Crippen LogP contribution in [-0.4, -0.2) is 15.9 Å². The Bertz CT molecular complexity index is 960. The molecule has 0 saturated carbocycles. The average Bonchev–Trinajstić information content (AvgIpc) is 2.64. The first kappa shape index (κ1) is 18.7. The molecule has 1 aromatic heterocycles. The van der Waals surface area contributed by atoms with E-state index in [-0.39, 0.29) is 11.6 Å². The van der Waals surface area contributed by atoms with Crippen LogP contribution < -0.4 is 10.6 Å². The summed E-state index contributed by atoms with van der Waals surface area (Å²) in [5.74, 6) is -2.24. The average molecular weight is 389 g/mol. The number of halogens is 3. The van der Waals surface area contributed by atoms with Gasteiger partial charge in [0.1, 0.15) is 23.0 Å². The zero-order chi connectivity index (χ0) is 19.4. The first-order valence-corrected chi connectivity index (χ1v) is 8.39. The number of amides is 1. The van der Waals surface area contributed by atoms with E-state index in [9.17, 15) is 13.6 Å². The number of aryl methyl sites for hydroxylation is 1. The lowest BCUT2D eigenvalue weighted by molar-refractivity contribution is 0.102. The van der Waals surface area contributed by atoms with Gasteiger partial charge in [-0.1, -0.05) is 29.8 Å². The van der Waals surface area contributed by atoms with Crippen LogP contribution in [-0.2, 0) is 6.54 Å². The standard InChI is InChI=1S/C19H15ClF2N4O/c1-11-9-16(18(27)26-17-14(21)3-2-4-15(17)22)25-19(24-11)23-10-12-5-7-13(20)8-6-12/h2-9H,10H2,1H3,(H,26,27)(H,23,24,25). The highest BCUT2D eigenvalue weighted by atomic mass is 35.5. The van der Waals surface area contributed by atoms with Crippen molar-refractivity contribution in [3.8, 4) is 0 Å². The van der Waals surface area contributed by atoms with Crippen LogP contribution in [0.3, 0.4) is 0 Å². The van der Waals surface area contributed by atoms with Crippen molar-refractivity contribution in [2.75, 3.05) is 10.6 Å². The summed E-state index contributed by atoms with van der Waals surface area (Å²) in [7, 11) is 0. The summed E-state index contributed by atoms with van der Waals surface area (Å²) < 4.78 is 27.4. The third-order valence-electron chi connectivity index (χ3n) is 3.65. The molecule has 0 radical (unpaired) electrons. The van der Waals surface area contributed by atoms with Gasteiger partial charge in [-0.25, -0.2) is 18.7 Å². The summed E-state index contributed by atoms with van der Waals surface area (Å²) in [6.45, 7) is 2.11. The lowest BCUT2D eigenvalue weighted by Crippen LogP contribution is -2.17. The maximum atomic E-state index is 13.7. The van der Waals surface area contributed by atoms with Gasteiger partial charge in [0.2, 0.25) is 5.95 Å². The van der Waals surface area contributed by atoms with Crippen molar-refractivity contribution in [1.29, 1.82) is 0 Å². The molecule has 1 heterocycles. The number of benzene rings is 2. The predicted octanol–water partition coefficient (Wildman–Crippen LogP) is 4.58. The molecule has 27 heavy (non-hydrogen) atoms. The van der Waals surface area contributed by atoms with Gasteiger partial charge in [0, 0.05) is 17.3 Å². The highest BCUT2D eigenvalue weighted by Gasteiger charge is 2.16. The second-order valence-corrected chi connectivity index (χ2v) is 6.19. The van der Waals surface area contributed by atoms with Gasteiger partial charge in [-0.05, 0) is 42.8 Å². The maximum Gasteiger partial charge on any atom is 0.274 e. The Morgan fingerprint density at radius 2 is 1.74 bits per heavy atom. The minimum atomic E-state index is -0.866. The summed E-state index contributed by atoms with van der Waals surface area (Å²) in [6, 6.07) is 12.0. The van der Waals surface area contributed by atoms with Crippen LogP contribution in [0.4, 0.5) is 20.4 Å². The lowest BCUT2D eigenvalue weighted by atomic mass is 10.2. The van der Waals surface area contributed by atoms with Crippen LogP contribution in [0.25, 0.3) is 0 Å². The largest absolute Gasteiger partial charge is 0.350 e. The number of anilines is 2. The van der Waals surface area contributed by atoms with Gasteiger partial charge in [0.25, 0.3) is 5.91 Å². The lowest BCUT2D eigenvalue weighted by Gasteiger charge is -2.10. The van der Waals surface area contributed by atoms with Crippen LogP contribution in [0, 0.1) is 18.6 Å². The molecule has 2 N–H and O–H groups in total. The van der Waals surface area contributed by atoms with Gasteiger partial charge < -0.3 is 10.6 Å². The van der Waals surface area contributed by atoms with E-state index in [0.29, 0.717) is 17.3 Å². The van der Waals surface area contributed by atoms with Gasteiger partial charge in [-0.3, -0.25) is 4.79 Å². The summed E-state index contributed by atoms with van der Waals surface area (Å²) in [5, 5.41) is 5.85. The first-order valence-electron chi connectivity index (χ1n) is 8.02. The molecule has 3 aromatic rings. The van der Waals surface area contributed by atoms with Crippen molar-refractivity contribution in [3.05, 3.63) is 82.1 Å². The highest BCUT2D eigenvalue weighted by Crippen LogP contribution is 2.19. The summed E-state index contributed by atoms with van der Waals surface area (Å²) in [5.41, 5.74) is 0.949. The fraction of sp³-hybridized carbons (Fsp3) is 0.105. The number of carbonyl (C=O) groups excluding carboxylic acids is 1. The third kappa shape index (κ3) is 4.77. The van der Waals surface area contributed by atoms with Gasteiger partial charge in [-0.2, -0.15) is 0 Å². The van der Waals surface area contributed by atoms with E-state index < -0.39 is 23.2 Å². The van der Waals surface area contributed by atoms with Gasteiger partial charge in [0.05, 0.1) is 0 Å². The van der Waals surface area contributed by atoms with Crippen molar-refractivity contribution in [2.24, 2.45) is 0 Å². The van der Waals surface area contributed by atoms with Crippen LogP contribution in [0.5, 0.6) is 0 Å². The molecule has 0 unspecified atom stereocenters. The number of rotatable bonds is 5. The van der Waals surface area contributed by atoms with Gasteiger partial charge in [0.15, 0.2) is 0 Å². The molecule has 5 nitrogen and oxygen atoms in total. The topological polar surface area (TPSA) is 66.9 Å². The Morgan fingerprint density at radius 3 is 2.41 bits per heavy atom. The van der Waals surface area contributed by atoms with Crippen LogP contribution >= 0.6 is 11.6 Å². The number of para-hydroxylation sites is 1. The monoisotopic (exact) mass is 388 g/mol. The Kier molecular flexibility index (Phi) is 5.61. The van der Waals surface area contributed by atoms with Crippen LogP contribution in [0.1, 0.15) is 21.7 Å². The summed E-state index contributed by atoms with van der Waals surface area (Å²) in [4.78, 5) is 20.7. The quantitative estimate of drug-likeness (QED) is 0.671. The van der Waals surface area contributed by atoms with Crippen LogP contribution in [0.2, 0.25) is 5.02 Å². The minimum absolute atomic E-state index is 0.0104. The summed E-state index contributed by atoms with van der Waals surface area (Å²) in [6.07, 6.45) is 0. The second-order valence-electron chi connectivity index (χ2n) is 5.75. The van der Waals surface area contributed by atoms with Gasteiger partial charge >= 0.3 is 0 Å². The Morgan fingerprint density at radius 1 is 1.07 bits per heavy atom. The zero-order valence-corrected chi connectivity index (χ0v) is 15.0. The Balaban J connectivity index is 1.76. The third-order valence-corrected chi connectivity index (χ3v) is 3.90. The molecule has 8 heteroatoms. The second kappa shape index (κ2) is 8.09. The van der Waals surface area contributed by atoms with Crippen molar-refractivity contribution < 1.29 is 13.6 Å². The number of carbonyl (C=O) groups is 1. The van der Waals surface area contributed by atoms with E-state index in [1.165, 1.54) is 12.1 Å².